The monoisotopic (exact) mass is 519 g/mol. The van der Waals surface area contributed by atoms with Gasteiger partial charge in [0, 0.05) is 25.0 Å². The van der Waals surface area contributed by atoms with Crippen LogP contribution in [0.3, 0.4) is 0 Å². The molecule has 3 heterocycles. The number of hydrogen-bond donors (Lipinski definition) is 1. The third-order valence-corrected chi connectivity index (χ3v) is 8.18. The highest BCUT2D eigenvalue weighted by Gasteiger charge is 2.34. The number of likely N-dealkylation sites (tertiary alicyclic amines) is 1. The average molecular weight is 520 g/mol. The molecule has 2 aromatic carbocycles. The lowest BCUT2D eigenvalue weighted by molar-refractivity contribution is 0.0607. The van der Waals surface area contributed by atoms with Gasteiger partial charge in [0.15, 0.2) is 11.5 Å². The van der Waals surface area contributed by atoms with Crippen LogP contribution in [-0.4, -0.2) is 54.2 Å². The first-order valence-corrected chi connectivity index (χ1v) is 13.7. The van der Waals surface area contributed by atoms with Crippen molar-refractivity contribution in [1.29, 1.82) is 0 Å². The Morgan fingerprint density at radius 1 is 1.03 bits per heavy atom. The molecule has 1 N–H and O–H groups in total. The molecule has 2 fully saturated rings. The fourth-order valence-corrected chi connectivity index (χ4v) is 6.08. The summed E-state index contributed by atoms with van der Waals surface area (Å²) >= 11 is 1.64. The standard InChI is InChI=1S/C28H29N3O5S/c32-27(23-25(18-7-2-1-3-8-18)37-26(30-23)19-12-13-19)31-14-5-4-9-20(31)17-29-28(33)36-22-11-6-10-21-24(22)35-16-15-34-21/h1-3,6-8,10-11,19-20H,4-5,9,12-17H2,(H,29,33)/t20-/m0/s1. The zero-order chi connectivity index (χ0) is 25.2. The molecule has 9 heteroatoms. The van der Waals surface area contributed by atoms with E-state index in [4.69, 9.17) is 19.2 Å². The van der Waals surface area contributed by atoms with Crippen molar-refractivity contribution in [1.82, 2.24) is 15.2 Å². The summed E-state index contributed by atoms with van der Waals surface area (Å²) in [6.07, 6.45) is 4.42. The quantitative estimate of drug-likeness (QED) is 0.479. The van der Waals surface area contributed by atoms with Gasteiger partial charge in [0.25, 0.3) is 5.91 Å². The van der Waals surface area contributed by atoms with Gasteiger partial charge in [0.2, 0.25) is 5.75 Å². The fourth-order valence-electron chi connectivity index (χ4n) is 4.85. The lowest BCUT2D eigenvalue weighted by atomic mass is 10.0. The van der Waals surface area contributed by atoms with Gasteiger partial charge in [-0.1, -0.05) is 36.4 Å². The van der Waals surface area contributed by atoms with Gasteiger partial charge < -0.3 is 24.4 Å². The normalized spacial score (nSPS) is 18.8. The van der Waals surface area contributed by atoms with Gasteiger partial charge in [-0.05, 0) is 49.8 Å². The number of carbonyl (C=O) groups is 2. The molecule has 1 aromatic heterocycles. The first kappa shape index (κ1) is 23.8. The van der Waals surface area contributed by atoms with Crippen molar-refractivity contribution in [2.75, 3.05) is 26.3 Å². The minimum absolute atomic E-state index is 0.0652. The second-order valence-electron chi connectivity index (χ2n) is 9.57. The molecule has 2 amide bonds. The Balaban J connectivity index is 1.16. The third-order valence-electron chi connectivity index (χ3n) is 6.91. The summed E-state index contributed by atoms with van der Waals surface area (Å²) in [5.74, 6) is 1.71. The number of aromatic nitrogens is 1. The summed E-state index contributed by atoms with van der Waals surface area (Å²) in [6, 6.07) is 15.1. The van der Waals surface area contributed by atoms with Gasteiger partial charge in [0.05, 0.1) is 9.88 Å². The molecule has 2 aliphatic heterocycles. The molecule has 192 valence electrons. The molecule has 3 aliphatic rings. The molecule has 1 aliphatic carbocycles. The second-order valence-corrected chi connectivity index (χ2v) is 10.6. The Morgan fingerprint density at radius 2 is 1.86 bits per heavy atom. The lowest BCUT2D eigenvalue weighted by Crippen LogP contribution is -2.50. The Morgan fingerprint density at radius 3 is 2.70 bits per heavy atom. The molecular weight excluding hydrogens is 490 g/mol. The van der Waals surface area contributed by atoms with E-state index in [-0.39, 0.29) is 11.9 Å². The molecule has 0 unspecified atom stereocenters. The number of para-hydroxylation sites is 1. The van der Waals surface area contributed by atoms with E-state index in [0.29, 0.717) is 55.2 Å². The van der Waals surface area contributed by atoms with Crippen molar-refractivity contribution in [3.05, 3.63) is 59.2 Å². The Labute approximate surface area is 219 Å². The van der Waals surface area contributed by atoms with E-state index in [9.17, 15) is 9.59 Å². The SMILES string of the molecule is O=C(NC[C@@H]1CCCCN1C(=O)c1nc(C2CC2)sc1-c1ccccc1)Oc1cccc2c1OCCO2. The van der Waals surface area contributed by atoms with Crippen molar-refractivity contribution >= 4 is 23.3 Å². The fraction of sp³-hybridized carbons (Fsp3) is 0.393. The summed E-state index contributed by atoms with van der Waals surface area (Å²) in [7, 11) is 0. The van der Waals surface area contributed by atoms with E-state index in [2.05, 4.69) is 5.32 Å². The minimum atomic E-state index is -0.588. The Bertz CT molecular complexity index is 1290. The van der Waals surface area contributed by atoms with E-state index in [0.717, 1.165) is 47.6 Å². The first-order chi connectivity index (χ1) is 18.2. The number of nitrogens with zero attached hydrogens (tertiary/aromatic N) is 2. The lowest BCUT2D eigenvalue weighted by Gasteiger charge is -2.35. The van der Waals surface area contributed by atoms with Crippen LogP contribution in [0.1, 0.15) is 53.5 Å². The number of thiazole rings is 1. The van der Waals surface area contributed by atoms with Crippen molar-refractivity contribution in [2.24, 2.45) is 0 Å². The number of amides is 2. The zero-order valence-electron chi connectivity index (χ0n) is 20.5. The van der Waals surface area contributed by atoms with Gasteiger partial charge in [0.1, 0.15) is 18.9 Å². The number of ether oxygens (including phenoxy) is 3. The number of carbonyl (C=O) groups excluding carboxylic acids is 2. The summed E-state index contributed by atoms with van der Waals surface area (Å²) in [4.78, 5) is 34.2. The maximum Gasteiger partial charge on any atom is 0.412 e. The van der Waals surface area contributed by atoms with Crippen LogP contribution in [0.25, 0.3) is 10.4 Å². The maximum absolute atomic E-state index is 13.9. The highest BCUT2D eigenvalue weighted by Crippen LogP contribution is 2.45. The summed E-state index contributed by atoms with van der Waals surface area (Å²) in [5.41, 5.74) is 1.54. The topological polar surface area (TPSA) is 90.0 Å². The molecule has 0 bridgehead atoms. The molecule has 37 heavy (non-hydrogen) atoms. The van der Waals surface area contributed by atoms with Gasteiger partial charge in [-0.2, -0.15) is 0 Å². The number of benzene rings is 2. The number of rotatable bonds is 6. The average Bonchev–Trinajstić information content (AvgIpc) is 3.70. The van der Waals surface area contributed by atoms with Crippen molar-refractivity contribution in [2.45, 2.75) is 44.1 Å². The smallest absolute Gasteiger partial charge is 0.412 e. The van der Waals surface area contributed by atoms with E-state index in [1.165, 1.54) is 0 Å². The minimum Gasteiger partial charge on any atom is -0.486 e. The highest BCUT2D eigenvalue weighted by molar-refractivity contribution is 7.15. The van der Waals surface area contributed by atoms with Gasteiger partial charge in [-0.3, -0.25) is 4.79 Å². The molecule has 6 rings (SSSR count). The van der Waals surface area contributed by atoms with Crippen LogP contribution in [0.2, 0.25) is 0 Å². The molecule has 3 aromatic rings. The largest absolute Gasteiger partial charge is 0.486 e. The summed E-state index contributed by atoms with van der Waals surface area (Å²) in [6.45, 7) is 1.80. The number of nitrogens with one attached hydrogen (secondary N) is 1. The van der Waals surface area contributed by atoms with Crippen molar-refractivity contribution in [3.63, 3.8) is 0 Å². The predicted octanol–water partition coefficient (Wildman–Crippen LogP) is 5.24. The molecule has 0 spiro atoms. The van der Waals surface area contributed by atoms with Crippen molar-refractivity contribution in [3.8, 4) is 27.7 Å². The predicted molar refractivity (Wildman–Crippen MR) is 140 cm³/mol. The van der Waals surface area contributed by atoms with Gasteiger partial charge in [-0.15, -0.1) is 11.3 Å². The summed E-state index contributed by atoms with van der Waals surface area (Å²) in [5, 5.41) is 3.91. The molecule has 1 atom stereocenters. The Kier molecular flexibility index (Phi) is 6.70. The van der Waals surface area contributed by atoms with Crippen molar-refractivity contribution < 1.29 is 23.8 Å². The molecule has 1 saturated heterocycles. The van der Waals surface area contributed by atoms with Crippen LogP contribution in [0, 0.1) is 0 Å². The molecule has 0 radical (unpaired) electrons. The van der Waals surface area contributed by atoms with Gasteiger partial charge >= 0.3 is 6.09 Å². The Hall–Kier alpha value is -3.59. The van der Waals surface area contributed by atoms with Crippen LogP contribution in [0.5, 0.6) is 17.2 Å². The molecule has 8 nitrogen and oxygen atoms in total. The third kappa shape index (κ3) is 5.13. The van der Waals surface area contributed by atoms with Crippen LogP contribution in [0.15, 0.2) is 48.5 Å². The van der Waals surface area contributed by atoms with E-state index in [1.54, 1.807) is 29.5 Å². The molecular formula is C28H29N3O5S. The van der Waals surface area contributed by atoms with E-state index < -0.39 is 6.09 Å². The van der Waals surface area contributed by atoms with Crippen LogP contribution < -0.4 is 19.5 Å². The first-order valence-electron chi connectivity index (χ1n) is 12.9. The number of piperidine rings is 1. The number of hydrogen-bond acceptors (Lipinski definition) is 7. The van der Waals surface area contributed by atoms with E-state index in [1.807, 2.05) is 35.2 Å². The highest BCUT2D eigenvalue weighted by atomic mass is 32.1. The second kappa shape index (κ2) is 10.4. The van der Waals surface area contributed by atoms with Gasteiger partial charge in [-0.25, -0.2) is 9.78 Å². The molecule has 1 saturated carbocycles. The van der Waals surface area contributed by atoms with Crippen LogP contribution in [-0.2, 0) is 0 Å². The maximum atomic E-state index is 13.9. The number of fused-ring (bicyclic) bond motifs is 1. The van der Waals surface area contributed by atoms with Crippen LogP contribution >= 0.6 is 11.3 Å². The van der Waals surface area contributed by atoms with Crippen LogP contribution in [0.4, 0.5) is 4.79 Å². The van der Waals surface area contributed by atoms with E-state index >= 15 is 0 Å². The zero-order valence-corrected chi connectivity index (χ0v) is 21.3. The summed E-state index contributed by atoms with van der Waals surface area (Å²) < 4.78 is 16.7.